The largest absolute Gasteiger partial charge is 0.391 e. The van der Waals surface area contributed by atoms with Crippen LogP contribution in [0.1, 0.15) is 35.3 Å². The highest BCUT2D eigenvalue weighted by Gasteiger charge is 2.24. The molecule has 3 N–H and O–H groups in total. The third-order valence-electron chi connectivity index (χ3n) is 2.67. The van der Waals surface area contributed by atoms with Crippen molar-refractivity contribution in [3.05, 3.63) is 34.9 Å². The van der Waals surface area contributed by atoms with E-state index in [9.17, 15) is 4.79 Å². The van der Waals surface area contributed by atoms with Gasteiger partial charge < -0.3 is 11.1 Å². The van der Waals surface area contributed by atoms with Crippen LogP contribution in [0.3, 0.4) is 0 Å². The van der Waals surface area contributed by atoms with Gasteiger partial charge in [0.15, 0.2) is 0 Å². The van der Waals surface area contributed by atoms with Crippen LogP contribution < -0.4 is 11.1 Å². The van der Waals surface area contributed by atoms with Crippen LogP contribution in [0.15, 0.2) is 18.2 Å². The average molecular weight is 250 g/mol. The number of thiocarbonyl (C=S) groups is 1. The lowest BCUT2D eigenvalue weighted by molar-refractivity contribution is 0.0931. The molecule has 1 rings (SSSR count). The quantitative estimate of drug-likeness (QED) is 0.808. The summed E-state index contributed by atoms with van der Waals surface area (Å²) in [6, 6.07) is 5.70. The molecule has 92 valence electrons. The highest BCUT2D eigenvalue weighted by Crippen LogP contribution is 2.12. The maximum atomic E-state index is 12.1. The molecule has 0 unspecified atom stereocenters. The summed E-state index contributed by atoms with van der Waals surface area (Å²) in [6.45, 7) is 7.48. The summed E-state index contributed by atoms with van der Waals surface area (Å²) in [5, 5.41) is 2.83. The molecule has 1 aromatic carbocycles. The van der Waals surface area contributed by atoms with Crippen LogP contribution in [0.5, 0.6) is 0 Å². The van der Waals surface area contributed by atoms with Crippen molar-refractivity contribution in [3.63, 3.8) is 0 Å². The molecule has 0 radical (unpaired) electrons. The van der Waals surface area contributed by atoms with Crippen LogP contribution in [0.25, 0.3) is 0 Å². The molecule has 4 heteroatoms. The van der Waals surface area contributed by atoms with Gasteiger partial charge in [0, 0.05) is 5.56 Å². The second-order valence-electron chi connectivity index (χ2n) is 4.76. The molecule has 0 aliphatic heterocycles. The lowest BCUT2D eigenvalue weighted by Gasteiger charge is -2.25. The number of rotatable bonds is 3. The maximum Gasteiger partial charge on any atom is 0.252 e. The zero-order chi connectivity index (χ0) is 13.2. The lowest BCUT2D eigenvalue weighted by Crippen LogP contribution is -2.52. The Balaban J connectivity index is 2.95. The first-order chi connectivity index (χ1) is 7.74. The number of carbonyl (C=O) groups excluding carboxylic acids is 1. The number of amides is 1. The van der Waals surface area contributed by atoms with Crippen LogP contribution in [-0.2, 0) is 0 Å². The van der Waals surface area contributed by atoms with Gasteiger partial charge in [0.05, 0.1) is 10.5 Å². The Morgan fingerprint density at radius 1 is 1.35 bits per heavy atom. The molecule has 0 bridgehead atoms. The van der Waals surface area contributed by atoms with E-state index >= 15 is 0 Å². The van der Waals surface area contributed by atoms with Gasteiger partial charge in [-0.3, -0.25) is 4.79 Å². The summed E-state index contributed by atoms with van der Waals surface area (Å²) in [7, 11) is 0. The molecule has 1 aromatic rings. The Morgan fingerprint density at radius 3 is 2.41 bits per heavy atom. The first kappa shape index (κ1) is 13.6. The summed E-state index contributed by atoms with van der Waals surface area (Å²) in [4.78, 5) is 12.3. The van der Waals surface area contributed by atoms with Crippen LogP contribution in [0.4, 0.5) is 0 Å². The van der Waals surface area contributed by atoms with E-state index in [-0.39, 0.29) is 10.9 Å². The number of hydrogen-bond acceptors (Lipinski definition) is 2. The van der Waals surface area contributed by atoms with Crippen molar-refractivity contribution in [2.75, 3.05) is 0 Å². The minimum Gasteiger partial charge on any atom is -0.391 e. The van der Waals surface area contributed by atoms with E-state index in [1.807, 2.05) is 32.0 Å². The molecule has 0 aliphatic carbocycles. The molecular formula is C13H18N2OS. The van der Waals surface area contributed by atoms with Crippen molar-refractivity contribution in [3.8, 4) is 0 Å². The van der Waals surface area contributed by atoms with Crippen LogP contribution >= 0.6 is 12.2 Å². The van der Waals surface area contributed by atoms with Crippen molar-refractivity contribution in [2.45, 2.75) is 33.2 Å². The minimum atomic E-state index is -0.677. The first-order valence-corrected chi connectivity index (χ1v) is 5.84. The number of benzene rings is 1. The summed E-state index contributed by atoms with van der Waals surface area (Å²) >= 11 is 4.92. The maximum absolute atomic E-state index is 12.1. The van der Waals surface area contributed by atoms with Crippen LogP contribution in [-0.4, -0.2) is 16.4 Å². The molecule has 0 saturated heterocycles. The Kier molecular flexibility index (Phi) is 3.88. The Bertz CT molecular complexity index is 466. The second kappa shape index (κ2) is 4.84. The third kappa shape index (κ3) is 3.27. The summed E-state index contributed by atoms with van der Waals surface area (Å²) in [5.74, 6) is -0.152. The monoisotopic (exact) mass is 250 g/mol. The van der Waals surface area contributed by atoms with Gasteiger partial charge in [0.25, 0.3) is 5.91 Å². The highest BCUT2D eigenvalue weighted by atomic mass is 32.1. The Morgan fingerprint density at radius 2 is 1.94 bits per heavy atom. The standard InChI is InChI=1S/C13H18N2OS/c1-8-5-6-10(9(2)7-8)11(16)15-13(3,4)12(14)17/h5-7H,1-4H3,(H2,14,17)(H,15,16). The number of carbonyl (C=O) groups is 1. The molecule has 0 saturated carbocycles. The summed E-state index contributed by atoms with van der Waals surface area (Å²) in [6.07, 6.45) is 0. The zero-order valence-corrected chi connectivity index (χ0v) is 11.4. The molecule has 0 atom stereocenters. The van der Waals surface area contributed by atoms with Gasteiger partial charge in [-0.25, -0.2) is 0 Å². The van der Waals surface area contributed by atoms with E-state index in [0.29, 0.717) is 5.56 Å². The SMILES string of the molecule is Cc1ccc(C(=O)NC(C)(C)C(N)=S)c(C)c1. The van der Waals surface area contributed by atoms with Gasteiger partial charge >= 0.3 is 0 Å². The van der Waals surface area contributed by atoms with E-state index in [1.165, 1.54) is 0 Å². The molecule has 0 fully saturated rings. The predicted octanol–water partition coefficient (Wildman–Crippen LogP) is 2.10. The van der Waals surface area contributed by atoms with E-state index in [2.05, 4.69) is 5.32 Å². The smallest absolute Gasteiger partial charge is 0.252 e. The Hall–Kier alpha value is -1.42. The van der Waals surface area contributed by atoms with Crippen molar-refractivity contribution >= 4 is 23.1 Å². The fraction of sp³-hybridized carbons (Fsp3) is 0.385. The molecule has 1 amide bonds. The lowest BCUT2D eigenvalue weighted by atomic mass is 10.0. The number of nitrogens with two attached hydrogens (primary N) is 1. The van der Waals surface area contributed by atoms with Gasteiger partial charge in [0.1, 0.15) is 0 Å². The number of hydrogen-bond donors (Lipinski definition) is 2. The third-order valence-corrected chi connectivity index (χ3v) is 3.18. The van der Waals surface area contributed by atoms with Crippen LogP contribution in [0.2, 0.25) is 0 Å². The second-order valence-corrected chi connectivity index (χ2v) is 5.20. The minimum absolute atomic E-state index is 0.152. The molecular weight excluding hydrogens is 232 g/mol. The topological polar surface area (TPSA) is 55.1 Å². The van der Waals surface area contributed by atoms with E-state index in [4.69, 9.17) is 18.0 Å². The molecule has 0 heterocycles. The van der Waals surface area contributed by atoms with Crippen LogP contribution in [0, 0.1) is 13.8 Å². The van der Waals surface area contributed by atoms with Crippen molar-refractivity contribution in [1.29, 1.82) is 0 Å². The number of aryl methyl sites for hydroxylation is 2. The fourth-order valence-corrected chi connectivity index (χ4v) is 1.53. The van der Waals surface area contributed by atoms with E-state index in [0.717, 1.165) is 11.1 Å². The summed E-state index contributed by atoms with van der Waals surface area (Å²) < 4.78 is 0. The Labute approximate surface area is 107 Å². The van der Waals surface area contributed by atoms with E-state index < -0.39 is 5.54 Å². The first-order valence-electron chi connectivity index (χ1n) is 5.43. The molecule has 3 nitrogen and oxygen atoms in total. The molecule has 17 heavy (non-hydrogen) atoms. The predicted molar refractivity (Wildman–Crippen MR) is 74.2 cm³/mol. The highest BCUT2D eigenvalue weighted by molar-refractivity contribution is 7.80. The fourth-order valence-electron chi connectivity index (χ4n) is 1.48. The van der Waals surface area contributed by atoms with Gasteiger partial charge in [-0.05, 0) is 39.3 Å². The van der Waals surface area contributed by atoms with Crippen molar-refractivity contribution in [2.24, 2.45) is 5.73 Å². The normalized spacial score (nSPS) is 11.1. The molecule has 0 spiro atoms. The number of nitrogens with one attached hydrogen (secondary N) is 1. The van der Waals surface area contributed by atoms with Crippen molar-refractivity contribution < 1.29 is 4.79 Å². The summed E-state index contributed by atoms with van der Waals surface area (Å²) in [5.41, 5.74) is 7.63. The van der Waals surface area contributed by atoms with Gasteiger partial charge in [-0.2, -0.15) is 0 Å². The van der Waals surface area contributed by atoms with E-state index in [1.54, 1.807) is 13.8 Å². The average Bonchev–Trinajstić information content (AvgIpc) is 2.15. The zero-order valence-electron chi connectivity index (χ0n) is 10.6. The van der Waals surface area contributed by atoms with Gasteiger partial charge in [0.2, 0.25) is 0 Å². The van der Waals surface area contributed by atoms with Gasteiger partial charge in [-0.15, -0.1) is 0 Å². The molecule has 0 aromatic heterocycles. The molecule has 0 aliphatic rings. The van der Waals surface area contributed by atoms with Gasteiger partial charge in [-0.1, -0.05) is 29.9 Å². The van der Waals surface area contributed by atoms with Crippen molar-refractivity contribution in [1.82, 2.24) is 5.32 Å².